The summed E-state index contributed by atoms with van der Waals surface area (Å²) in [5, 5.41) is 13.8. The molecule has 0 saturated heterocycles. The number of hydrogen-bond donors (Lipinski definition) is 1. The van der Waals surface area contributed by atoms with Gasteiger partial charge in [0.2, 0.25) is 0 Å². The molecule has 0 spiro atoms. The molecule has 0 saturated carbocycles. The Morgan fingerprint density at radius 2 is 1.90 bits per heavy atom. The number of nitrogens with one attached hydrogen (secondary N) is 1. The largest absolute Gasteiger partial charge is 0.464 e. The number of nitro benzene ring substituents is 1. The molecule has 0 unspecified atom stereocenters. The van der Waals surface area contributed by atoms with Gasteiger partial charge >= 0.3 is 0 Å². The Morgan fingerprint density at radius 1 is 1.20 bits per heavy atom. The Kier molecular flexibility index (Phi) is 5.20. The molecule has 0 aliphatic carbocycles. The van der Waals surface area contributed by atoms with Crippen molar-refractivity contribution in [3.63, 3.8) is 0 Å². The molecular formula is C14H16N2O3S. The molecule has 1 N–H and O–H groups in total. The first-order valence-corrected chi connectivity index (χ1v) is 7.33. The Morgan fingerprint density at radius 3 is 2.55 bits per heavy atom. The summed E-state index contributed by atoms with van der Waals surface area (Å²) in [5.74, 6) is 2.54. The SMILES string of the molecule is CCNCc1ccc(CSc2ccc([N+](=O)[O-])cc2)o1. The van der Waals surface area contributed by atoms with Gasteiger partial charge in [0.15, 0.2) is 0 Å². The highest BCUT2D eigenvalue weighted by Gasteiger charge is 2.06. The summed E-state index contributed by atoms with van der Waals surface area (Å²) in [6, 6.07) is 10.5. The van der Waals surface area contributed by atoms with Gasteiger partial charge in [0.25, 0.3) is 5.69 Å². The zero-order valence-electron chi connectivity index (χ0n) is 11.2. The minimum Gasteiger partial charge on any atom is -0.464 e. The van der Waals surface area contributed by atoms with Crippen LogP contribution in [-0.2, 0) is 12.3 Å². The van der Waals surface area contributed by atoms with Crippen molar-refractivity contribution in [2.75, 3.05) is 6.54 Å². The van der Waals surface area contributed by atoms with E-state index in [-0.39, 0.29) is 5.69 Å². The zero-order chi connectivity index (χ0) is 14.4. The van der Waals surface area contributed by atoms with E-state index in [0.717, 1.165) is 29.5 Å². The van der Waals surface area contributed by atoms with Crippen LogP contribution in [0.2, 0.25) is 0 Å². The summed E-state index contributed by atoms with van der Waals surface area (Å²) in [4.78, 5) is 11.1. The second-order valence-corrected chi connectivity index (χ2v) is 5.24. The number of hydrogen-bond acceptors (Lipinski definition) is 5. The maximum Gasteiger partial charge on any atom is 0.269 e. The summed E-state index contributed by atoms with van der Waals surface area (Å²) < 4.78 is 5.68. The molecule has 0 amide bonds. The van der Waals surface area contributed by atoms with E-state index < -0.39 is 4.92 Å². The molecule has 1 heterocycles. The summed E-state index contributed by atoms with van der Waals surface area (Å²) in [5.41, 5.74) is 0.111. The molecule has 0 atom stereocenters. The van der Waals surface area contributed by atoms with E-state index >= 15 is 0 Å². The topological polar surface area (TPSA) is 68.3 Å². The van der Waals surface area contributed by atoms with Crippen LogP contribution >= 0.6 is 11.8 Å². The average Bonchev–Trinajstić information content (AvgIpc) is 2.91. The number of benzene rings is 1. The number of thioether (sulfide) groups is 1. The molecule has 1 aromatic heterocycles. The molecule has 20 heavy (non-hydrogen) atoms. The van der Waals surface area contributed by atoms with Crippen LogP contribution in [0.5, 0.6) is 0 Å². The van der Waals surface area contributed by atoms with Crippen LogP contribution in [0.3, 0.4) is 0 Å². The predicted molar refractivity (Wildman–Crippen MR) is 78.7 cm³/mol. The second kappa shape index (κ2) is 7.12. The molecule has 2 rings (SSSR count). The van der Waals surface area contributed by atoms with E-state index in [2.05, 4.69) is 5.32 Å². The minimum atomic E-state index is -0.395. The fourth-order valence-corrected chi connectivity index (χ4v) is 2.45. The molecule has 0 aliphatic heterocycles. The van der Waals surface area contributed by atoms with Gasteiger partial charge in [-0.3, -0.25) is 10.1 Å². The maximum absolute atomic E-state index is 10.6. The molecule has 2 aromatic rings. The molecule has 0 radical (unpaired) electrons. The van der Waals surface area contributed by atoms with Crippen molar-refractivity contribution in [2.45, 2.75) is 24.1 Å². The third-order valence-electron chi connectivity index (χ3n) is 2.70. The highest BCUT2D eigenvalue weighted by Crippen LogP contribution is 2.25. The Balaban J connectivity index is 1.88. The monoisotopic (exact) mass is 292 g/mol. The molecule has 5 nitrogen and oxygen atoms in total. The molecule has 0 fully saturated rings. The van der Waals surface area contributed by atoms with E-state index in [1.165, 1.54) is 12.1 Å². The number of non-ortho nitro benzene ring substituents is 1. The fraction of sp³-hybridized carbons (Fsp3) is 0.286. The molecule has 1 aromatic carbocycles. The first kappa shape index (κ1) is 14.6. The third-order valence-corrected chi connectivity index (χ3v) is 3.73. The lowest BCUT2D eigenvalue weighted by Crippen LogP contribution is -2.10. The summed E-state index contributed by atoms with van der Waals surface area (Å²) >= 11 is 1.59. The van der Waals surface area contributed by atoms with Gasteiger partial charge in [-0.05, 0) is 30.8 Å². The van der Waals surface area contributed by atoms with Gasteiger partial charge < -0.3 is 9.73 Å². The lowest BCUT2D eigenvalue weighted by molar-refractivity contribution is -0.384. The fourth-order valence-electron chi connectivity index (χ4n) is 1.66. The molecule has 0 aliphatic rings. The van der Waals surface area contributed by atoms with E-state index in [9.17, 15) is 10.1 Å². The van der Waals surface area contributed by atoms with E-state index in [1.807, 2.05) is 19.1 Å². The smallest absolute Gasteiger partial charge is 0.269 e. The van der Waals surface area contributed by atoms with Crippen molar-refractivity contribution in [2.24, 2.45) is 0 Å². The Labute approximate surface area is 121 Å². The van der Waals surface area contributed by atoms with Crippen molar-refractivity contribution >= 4 is 17.4 Å². The Bertz CT molecular complexity index is 566. The zero-order valence-corrected chi connectivity index (χ0v) is 12.0. The van der Waals surface area contributed by atoms with Gasteiger partial charge in [-0.2, -0.15) is 0 Å². The predicted octanol–water partition coefficient (Wildman–Crippen LogP) is 3.59. The van der Waals surface area contributed by atoms with Gasteiger partial charge in [0.05, 0.1) is 17.2 Å². The Hall–Kier alpha value is -1.79. The van der Waals surface area contributed by atoms with Crippen LogP contribution in [0.4, 0.5) is 5.69 Å². The number of rotatable bonds is 7. The van der Waals surface area contributed by atoms with Crippen LogP contribution < -0.4 is 5.32 Å². The van der Waals surface area contributed by atoms with Crippen molar-refractivity contribution in [3.05, 3.63) is 58.0 Å². The third kappa shape index (κ3) is 4.11. The van der Waals surface area contributed by atoms with E-state index in [0.29, 0.717) is 5.75 Å². The standard InChI is InChI=1S/C14H16N2O3S/c1-2-15-9-12-5-6-13(19-12)10-20-14-7-3-11(4-8-14)16(17)18/h3-8,15H,2,9-10H2,1H3. The lowest BCUT2D eigenvalue weighted by atomic mass is 10.3. The van der Waals surface area contributed by atoms with E-state index in [4.69, 9.17) is 4.42 Å². The normalized spacial score (nSPS) is 10.7. The van der Waals surface area contributed by atoms with Crippen LogP contribution in [0, 0.1) is 10.1 Å². The first-order valence-electron chi connectivity index (χ1n) is 6.34. The van der Waals surface area contributed by atoms with Crippen molar-refractivity contribution < 1.29 is 9.34 Å². The number of nitrogens with zero attached hydrogens (tertiary/aromatic N) is 1. The van der Waals surface area contributed by atoms with Gasteiger partial charge in [-0.1, -0.05) is 6.92 Å². The van der Waals surface area contributed by atoms with Gasteiger partial charge in [-0.15, -0.1) is 11.8 Å². The lowest BCUT2D eigenvalue weighted by Gasteiger charge is -2.00. The minimum absolute atomic E-state index is 0.111. The maximum atomic E-state index is 10.6. The summed E-state index contributed by atoms with van der Waals surface area (Å²) in [6.45, 7) is 3.70. The average molecular weight is 292 g/mol. The van der Waals surface area contributed by atoms with Gasteiger partial charge in [0.1, 0.15) is 11.5 Å². The highest BCUT2D eigenvalue weighted by molar-refractivity contribution is 7.98. The summed E-state index contributed by atoms with van der Waals surface area (Å²) in [7, 11) is 0. The summed E-state index contributed by atoms with van der Waals surface area (Å²) in [6.07, 6.45) is 0. The van der Waals surface area contributed by atoms with Crippen molar-refractivity contribution in [1.82, 2.24) is 5.32 Å². The van der Waals surface area contributed by atoms with Crippen molar-refractivity contribution in [3.8, 4) is 0 Å². The van der Waals surface area contributed by atoms with Crippen LogP contribution in [0.15, 0.2) is 45.7 Å². The van der Waals surface area contributed by atoms with Gasteiger partial charge in [-0.25, -0.2) is 0 Å². The number of furan rings is 1. The first-order chi connectivity index (χ1) is 9.69. The quantitative estimate of drug-likeness (QED) is 0.480. The van der Waals surface area contributed by atoms with Gasteiger partial charge in [0, 0.05) is 17.0 Å². The van der Waals surface area contributed by atoms with Crippen LogP contribution in [0.1, 0.15) is 18.4 Å². The molecule has 0 bridgehead atoms. The molecule has 106 valence electrons. The van der Waals surface area contributed by atoms with Crippen LogP contribution in [0.25, 0.3) is 0 Å². The van der Waals surface area contributed by atoms with Crippen molar-refractivity contribution in [1.29, 1.82) is 0 Å². The second-order valence-electron chi connectivity index (χ2n) is 4.19. The number of nitro groups is 1. The van der Waals surface area contributed by atoms with E-state index in [1.54, 1.807) is 23.9 Å². The molecular weight excluding hydrogens is 276 g/mol. The molecule has 6 heteroatoms. The highest BCUT2D eigenvalue weighted by atomic mass is 32.2. The van der Waals surface area contributed by atoms with Crippen LogP contribution in [-0.4, -0.2) is 11.5 Å².